The van der Waals surface area contributed by atoms with Gasteiger partial charge >= 0.3 is 0 Å². The first-order valence-electron chi connectivity index (χ1n) is 6.57. The topological polar surface area (TPSA) is 57.8 Å². The zero-order valence-corrected chi connectivity index (χ0v) is 13.0. The Bertz CT molecular complexity index is 644. The summed E-state index contributed by atoms with van der Waals surface area (Å²) < 4.78 is 0. The van der Waals surface area contributed by atoms with Gasteiger partial charge in [-0.25, -0.2) is 0 Å². The van der Waals surface area contributed by atoms with E-state index in [1.54, 1.807) is 24.3 Å². The third-order valence-electron chi connectivity index (χ3n) is 2.80. The first-order chi connectivity index (χ1) is 10.1. The predicted molar refractivity (Wildman–Crippen MR) is 86.7 cm³/mol. The van der Waals surface area contributed by atoms with Gasteiger partial charge in [0.25, 0.3) is 0 Å². The van der Waals surface area contributed by atoms with Gasteiger partial charge in [0.2, 0.25) is 5.91 Å². The van der Waals surface area contributed by atoms with Crippen molar-refractivity contribution < 1.29 is 4.79 Å². The molecule has 4 nitrogen and oxygen atoms in total. The van der Waals surface area contributed by atoms with E-state index < -0.39 is 0 Å². The normalized spacial score (nSPS) is 11.0. The van der Waals surface area contributed by atoms with Crippen molar-refractivity contribution >= 4 is 41.0 Å². The average Bonchev–Trinajstić information content (AvgIpc) is 2.86. The number of halogens is 2. The van der Waals surface area contributed by atoms with E-state index in [1.165, 1.54) is 6.08 Å². The highest BCUT2D eigenvalue weighted by Crippen LogP contribution is 2.25. The third-order valence-corrected chi connectivity index (χ3v) is 3.46. The van der Waals surface area contributed by atoms with E-state index in [1.807, 2.05) is 6.07 Å². The highest BCUT2D eigenvalue weighted by atomic mass is 35.5. The number of nitrogens with zero attached hydrogens (tertiary/aromatic N) is 1. The summed E-state index contributed by atoms with van der Waals surface area (Å²) in [5.74, 6) is 0.207. The lowest BCUT2D eigenvalue weighted by Gasteiger charge is -2.01. The summed E-state index contributed by atoms with van der Waals surface area (Å²) in [6, 6.07) is 7.00. The minimum atomic E-state index is -0.291. The molecule has 1 aromatic carbocycles. The number of anilines is 1. The molecule has 0 unspecified atom stereocenters. The number of aryl methyl sites for hydroxylation is 1. The van der Waals surface area contributed by atoms with E-state index >= 15 is 0 Å². The van der Waals surface area contributed by atoms with Crippen LogP contribution in [0.1, 0.15) is 24.6 Å². The Morgan fingerprint density at radius 1 is 1.38 bits per heavy atom. The molecular formula is C15H15Cl2N3O. The van der Waals surface area contributed by atoms with E-state index in [0.29, 0.717) is 21.4 Å². The fraction of sp³-hybridized carbons (Fsp3) is 0.200. The number of aromatic nitrogens is 2. The summed E-state index contributed by atoms with van der Waals surface area (Å²) in [7, 11) is 0. The molecule has 0 bridgehead atoms. The maximum atomic E-state index is 11.8. The van der Waals surface area contributed by atoms with Crippen molar-refractivity contribution in [2.75, 3.05) is 5.32 Å². The molecule has 0 aliphatic carbocycles. The van der Waals surface area contributed by atoms with Gasteiger partial charge < -0.3 is 5.32 Å². The van der Waals surface area contributed by atoms with Crippen LogP contribution < -0.4 is 5.32 Å². The SMILES string of the molecule is CCCc1cc(NC(=O)/C=C/c2c(Cl)cccc2Cl)n[nH]1. The first kappa shape index (κ1) is 15.6. The Balaban J connectivity index is 2.02. The molecule has 0 aliphatic rings. The molecule has 110 valence electrons. The van der Waals surface area contributed by atoms with Gasteiger partial charge in [0.05, 0.1) is 0 Å². The summed E-state index contributed by atoms with van der Waals surface area (Å²) in [5.41, 5.74) is 1.61. The van der Waals surface area contributed by atoms with Crippen LogP contribution in [0, 0.1) is 0 Å². The number of aromatic amines is 1. The minimum Gasteiger partial charge on any atom is -0.306 e. The highest BCUT2D eigenvalue weighted by molar-refractivity contribution is 6.37. The van der Waals surface area contributed by atoms with Gasteiger partial charge in [0, 0.05) is 33.4 Å². The molecule has 21 heavy (non-hydrogen) atoms. The molecule has 0 fully saturated rings. The van der Waals surface area contributed by atoms with E-state index in [2.05, 4.69) is 22.4 Å². The summed E-state index contributed by atoms with van der Waals surface area (Å²) in [4.78, 5) is 11.8. The van der Waals surface area contributed by atoms with Gasteiger partial charge in [0.15, 0.2) is 5.82 Å². The number of benzene rings is 1. The molecule has 0 aliphatic heterocycles. The molecule has 0 saturated heterocycles. The predicted octanol–water partition coefficient (Wildman–Crippen LogP) is 4.32. The van der Waals surface area contributed by atoms with E-state index in [9.17, 15) is 4.79 Å². The summed E-state index contributed by atoms with van der Waals surface area (Å²) in [6.07, 6.45) is 4.87. The molecule has 6 heteroatoms. The van der Waals surface area contributed by atoms with Crippen LogP contribution in [0.15, 0.2) is 30.3 Å². The number of hydrogen-bond acceptors (Lipinski definition) is 2. The fourth-order valence-electron chi connectivity index (χ4n) is 1.82. The van der Waals surface area contributed by atoms with Crippen molar-refractivity contribution in [3.05, 3.63) is 51.6 Å². The molecule has 2 N–H and O–H groups in total. The lowest BCUT2D eigenvalue weighted by atomic mass is 10.2. The van der Waals surface area contributed by atoms with Crippen LogP contribution in [0.5, 0.6) is 0 Å². The zero-order chi connectivity index (χ0) is 15.2. The summed E-state index contributed by atoms with van der Waals surface area (Å²) >= 11 is 12.1. The number of H-pyrrole nitrogens is 1. The van der Waals surface area contributed by atoms with Gasteiger partial charge in [-0.3, -0.25) is 9.89 Å². The Morgan fingerprint density at radius 3 is 2.76 bits per heavy atom. The Kier molecular flexibility index (Phi) is 5.42. The van der Waals surface area contributed by atoms with Crippen LogP contribution in [0.25, 0.3) is 6.08 Å². The molecule has 0 saturated carbocycles. The van der Waals surface area contributed by atoms with Crippen LogP contribution in [-0.2, 0) is 11.2 Å². The second-order valence-electron chi connectivity index (χ2n) is 4.49. The molecule has 1 aromatic heterocycles. The van der Waals surface area contributed by atoms with Crippen LogP contribution in [-0.4, -0.2) is 16.1 Å². The van der Waals surface area contributed by atoms with E-state index in [4.69, 9.17) is 23.2 Å². The third kappa shape index (κ3) is 4.34. The largest absolute Gasteiger partial charge is 0.306 e. The quantitative estimate of drug-likeness (QED) is 0.805. The fourth-order valence-corrected chi connectivity index (χ4v) is 2.34. The van der Waals surface area contributed by atoms with Crippen LogP contribution >= 0.6 is 23.2 Å². The number of carbonyl (C=O) groups is 1. The number of carbonyl (C=O) groups excluding carboxylic acids is 1. The smallest absolute Gasteiger partial charge is 0.249 e. The van der Waals surface area contributed by atoms with Gasteiger partial charge in [-0.15, -0.1) is 0 Å². The zero-order valence-electron chi connectivity index (χ0n) is 11.5. The number of hydrogen-bond donors (Lipinski definition) is 2. The molecule has 1 amide bonds. The number of rotatable bonds is 5. The van der Waals surface area contributed by atoms with Crippen molar-refractivity contribution in [2.45, 2.75) is 19.8 Å². The van der Waals surface area contributed by atoms with Crippen molar-refractivity contribution in [1.29, 1.82) is 0 Å². The van der Waals surface area contributed by atoms with Crippen molar-refractivity contribution in [3.63, 3.8) is 0 Å². The summed E-state index contributed by atoms with van der Waals surface area (Å²) in [6.45, 7) is 2.08. The van der Waals surface area contributed by atoms with Gasteiger partial charge in [-0.1, -0.05) is 42.6 Å². The maximum Gasteiger partial charge on any atom is 0.249 e. The first-order valence-corrected chi connectivity index (χ1v) is 7.33. The van der Waals surface area contributed by atoms with Crippen LogP contribution in [0.3, 0.4) is 0 Å². The minimum absolute atomic E-state index is 0.291. The molecule has 0 radical (unpaired) electrons. The van der Waals surface area contributed by atoms with E-state index in [0.717, 1.165) is 18.5 Å². The van der Waals surface area contributed by atoms with Crippen molar-refractivity contribution in [1.82, 2.24) is 10.2 Å². The number of nitrogens with one attached hydrogen (secondary N) is 2. The molecule has 0 spiro atoms. The molecule has 2 rings (SSSR count). The second-order valence-corrected chi connectivity index (χ2v) is 5.30. The van der Waals surface area contributed by atoms with Crippen LogP contribution in [0.2, 0.25) is 10.0 Å². The Hall–Kier alpha value is -1.78. The second kappa shape index (κ2) is 7.29. The molecule has 1 heterocycles. The standard InChI is InChI=1S/C15H15Cl2N3O/c1-2-4-10-9-14(20-19-10)18-15(21)8-7-11-12(16)5-3-6-13(11)17/h3,5-9H,2,4H2,1H3,(H2,18,19,20,21)/b8-7+. The van der Waals surface area contributed by atoms with Gasteiger partial charge in [-0.05, 0) is 24.6 Å². The average molecular weight is 324 g/mol. The number of amides is 1. The molecule has 0 atom stereocenters. The summed E-state index contributed by atoms with van der Waals surface area (Å²) in [5, 5.41) is 10.6. The monoisotopic (exact) mass is 323 g/mol. The lowest BCUT2D eigenvalue weighted by Crippen LogP contribution is -2.07. The van der Waals surface area contributed by atoms with Crippen molar-refractivity contribution in [3.8, 4) is 0 Å². The Labute approximate surface area is 133 Å². The van der Waals surface area contributed by atoms with Crippen LogP contribution in [0.4, 0.5) is 5.82 Å². The van der Waals surface area contributed by atoms with Gasteiger partial charge in [-0.2, -0.15) is 5.10 Å². The molecular weight excluding hydrogens is 309 g/mol. The Morgan fingerprint density at radius 2 is 2.10 bits per heavy atom. The van der Waals surface area contributed by atoms with Crippen molar-refractivity contribution in [2.24, 2.45) is 0 Å². The van der Waals surface area contributed by atoms with E-state index in [-0.39, 0.29) is 5.91 Å². The lowest BCUT2D eigenvalue weighted by molar-refractivity contribution is -0.111. The maximum absolute atomic E-state index is 11.8. The highest BCUT2D eigenvalue weighted by Gasteiger charge is 2.05. The molecule has 2 aromatic rings. The van der Waals surface area contributed by atoms with Gasteiger partial charge in [0.1, 0.15) is 0 Å².